The number of fused-ring (bicyclic) bond motifs is 1. The number of pyridine rings is 1. The Morgan fingerprint density at radius 1 is 1.03 bits per heavy atom. The number of carbonyl (C=O) groups excluding carboxylic acids is 1. The lowest BCUT2D eigenvalue weighted by Gasteiger charge is -2.36. The van der Waals surface area contributed by atoms with Crippen LogP contribution < -0.4 is 5.48 Å². The Morgan fingerprint density at radius 2 is 1.75 bits per heavy atom. The Morgan fingerprint density at radius 3 is 2.41 bits per heavy atom. The van der Waals surface area contributed by atoms with Gasteiger partial charge in [0, 0.05) is 25.2 Å². The summed E-state index contributed by atoms with van der Waals surface area (Å²) in [6, 6.07) is 16.4. The van der Waals surface area contributed by atoms with Gasteiger partial charge in [-0.1, -0.05) is 69.3 Å². The van der Waals surface area contributed by atoms with Crippen LogP contribution in [0.25, 0.3) is 22.0 Å². The quantitative estimate of drug-likeness (QED) is 0.353. The second-order valence-corrected chi connectivity index (χ2v) is 14.4. The molecular weight excluding hydrogens is 416 g/mol. The summed E-state index contributed by atoms with van der Waals surface area (Å²) in [5.41, 5.74) is 7.50. The van der Waals surface area contributed by atoms with Crippen LogP contribution in [0.5, 0.6) is 0 Å². The van der Waals surface area contributed by atoms with E-state index in [0.717, 1.165) is 39.6 Å². The summed E-state index contributed by atoms with van der Waals surface area (Å²) >= 11 is 0. The monoisotopic (exact) mass is 450 g/mol. The molecule has 0 unspecified atom stereocenters. The lowest BCUT2D eigenvalue weighted by atomic mass is 9.93. The molecule has 3 rings (SSSR count). The summed E-state index contributed by atoms with van der Waals surface area (Å²) < 4.78 is 6.41. The highest BCUT2D eigenvalue weighted by Crippen LogP contribution is 2.37. The van der Waals surface area contributed by atoms with Crippen molar-refractivity contribution in [3.05, 3.63) is 65.9 Å². The maximum atomic E-state index is 12.2. The van der Waals surface area contributed by atoms with Gasteiger partial charge in [-0.2, -0.15) is 5.48 Å². The lowest BCUT2D eigenvalue weighted by molar-refractivity contribution is -0.149. The predicted molar refractivity (Wildman–Crippen MR) is 133 cm³/mol. The topological polar surface area (TPSA) is 60.5 Å². The van der Waals surface area contributed by atoms with E-state index in [1.54, 1.807) is 13.2 Å². The van der Waals surface area contributed by atoms with Crippen LogP contribution in [0.3, 0.4) is 0 Å². The highest BCUT2D eigenvalue weighted by molar-refractivity contribution is 6.74. The fourth-order valence-electron chi connectivity index (χ4n) is 3.55. The molecule has 3 aromatic rings. The number of nitrogens with one attached hydrogen (secondary N) is 1. The molecule has 1 heterocycles. The number of rotatable bonds is 8. The normalized spacial score (nSPS) is 12.2. The van der Waals surface area contributed by atoms with Gasteiger partial charge in [0.2, 0.25) is 0 Å². The number of aromatic nitrogens is 1. The van der Waals surface area contributed by atoms with Gasteiger partial charge >= 0.3 is 5.97 Å². The van der Waals surface area contributed by atoms with Crippen LogP contribution in [0.15, 0.2) is 54.7 Å². The zero-order chi connectivity index (χ0) is 23.4. The summed E-state index contributed by atoms with van der Waals surface area (Å²) in [6.45, 7) is 12.0. The standard InChI is InChI=1S/C26H34N2O3Si/c1-26(2,3)32(5,6)30-16-15-20-13-10-14-22-24(19-11-8-7-9-12-19)21(18-28-25(20)22)17-23(29)31-27-4/h7-14,18,27H,15-17H2,1-6H3. The molecule has 1 aromatic heterocycles. The van der Waals surface area contributed by atoms with E-state index in [9.17, 15) is 4.79 Å². The summed E-state index contributed by atoms with van der Waals surface area (Å²) in [5, 5.41) is 1.22. The first kappa shape index (κ1) is 24.1. The van der Waals surface area contributed by atoms with Gasteiger partial charge in [0.15, 0.2) is 8.32 Å². The SMILES string of the molecule is CNOC(=O)Cc1cnc2c(CCO[Si](C)(C)C(C)(C)C)cccc2c1-c1ccccc1. The zero-order valence-electron chi connectivity index (χ0n) is 20.0. The number of hydroxylamine groups is 1. The summed E-state index contributed by atoms with van der Waals surface area (Å²) in [7, 11) is -0.227. The highest BCUT2D eigenvalue weighted by Gasteiger charge is 2.36. The summed E-state index contributed by atoms with van der Waals surface area (Å²) in [4.78, 5) is 21.9. The van der Waals surface area contributed by atoms with E-state index >= 15 is 0 Å². The number of carbonyl (C=O) groups is 1. The summed E-state index contributed by atoms with van der Waals surface area (Å²) in [6.07, 6.45) is 2.75. The number of benzene rings is 2. The molecule has 170 valence electrons. The minimum Gasteiger partial charge on any atom is -0.416 e. The van der Waals surface area contributed by atoms with Crippen LogP contribution >= 0.6 is 0 Å². The van der Waals surface area contributed by atoms with Crippen LogP contribution in [0.2, 0.25) is 18.1 Å². The van der Waals surface area contributed by atoms with Gasteiger partial charge in [0.1, 0.15) is 0 Å². The van der Waals surface area contributed by atoms with Gasteiger partial charge in [-0.15, -0.1) is 0 Å². The molecule has 0 fully saturated rings. The Balaban J connectivity index is 1.99. The average molecular weight is 451 g/mol. The van der Waals surface area contributed by atoms with Crippen LogP contribution in [0, 0.1) is 0 Å². The Bertz CT molecular complexity index is 1080. The molecule has 0 radical (unpaired) electrons. The van der Waals surface area contributed by atoms with Crippen molar-refractivity contribution in [2.24, 2.45) is 0 Å². The largest absolute Gasteiger partial charge is 0.416 e. The van der Waals surface area contributed by atoms with Crippen molar-refractivity contribution in [2.75, 3.05) is 13.7 Å². The molecule has 0 bridgehead atoms. The third kappa shape index (κ3) is 5.44. The summed E-state index contributed by atoms with van der Waals surface area (Å²) in [5.74, 6) is -0.343. The molecule has 0 atom stereocenters. The van der Waals surface area contributed by atoms with Crippen LogP contribution in [0.4, 0.5) is 0 Å². The average Bonchev–Trinajstić information content (AvgIpc) is 2.73. The van der Waals surface area contributed by atoms with Crippen molar-refractivity contribution in [2.45, 2.75) is 51.7 Å². The van der Waals surface area contributed by atoms with Crippen molar-refractivity contribution in [3.8, 4) is 11.1 Å². The number of hydrogen-bond donors (Lipinski definition) is 1. The van der Waals surface area contributed by atoms with E-state index in [1.807, 2.05) is 18.2 Å². The molecule has 6 heteroatoms. The first-order valence-electron chi connectivity index (χ1n) is 11.1. The molecule has 0 aliphatic rings. The number of para-hydroxylation sites is 1. The van der Waals surface area contributed by atoms with Crippen LogP contribution in [0.1, 0.15) is 31.9 Å². The van der Waals surface area contributed by atoms with E-state index in [1.165, 1.54) is 0 Å². The zero-order valence-corrected chi connectivity index (χ0v) is 21.0. The fraction of sp³-hybridized carbons (Fsp3) is 0.385. The van der Waals surface area contributed by atoms with E-state index < -0.39 is 8.32 Å². The smallest absolute Gasteiger partial charge is 0.329 e. The van der Waals surface area contributed by atoms with Crippen LogP contribution in [-0.2, 0) is 26.9 Å². The van der Waals surface area contributed by atoms with Gasteiger partial charge in [-0.25, -0.2) is 0 Å². The van der Waals surface area contributed by atoms with Gasteiger partial charge < -0.3 is 9.26 Å². The molecule has 0 spiro atoms. The fourth-order valence-corrected chi connectivity index (χ4v) is 4.59. The predicted octanol–water partition coefficient (Wildman–Crippen LogP) is 5.69. The first-order chi connectivity index (χ1) is 15.1. The van der Waals surface area contributed by atoms with Crippen molar-refractivity contribution >= 4 is 25.2 Å². The second kappa shape index (κ2) is 9.94. The Hall–Kier alpha value is -2.54. The van der Waals surface area contributed by atoms with E-state index in [0.29, 0.717) is 6.61 Å². The third-order valence-corrected chi connectivity index (χ3v) is 10.9. The molecule has 0 aliphatic carbocycles. The molecule has 0 aliphatic heterocycles. The second-order valence-electron chi connectivity index (χ2n) is 9.55. The molecule has 2 aromatic carbocycles. The maximum absolute atomic E-state index is 12.2. The maximum Gasteiger partial charge on any atom is 0.329 e. The van der Waals surface area contributed by atoms with Crippen molar-refractivity contribution in [3.63, 3.8) is 0 Å². The van der Waals surface area contributed by atoms with Crippen molar-refractivity contribution < 1.29 is 14.1 Å². The molecular formula is C26H34N2O3Si. The highest BCUT2D eigenvalue weighted by atomic mass is 28.4. The number of nitrogens with zero attached hydrogens (tertiary/aromatic N) is 1. The molecule has 0 amide bonds. The minimum atomic E-state index is -1.80. The Labute approximate surface area is 192 Å². The molecule has 5 nitrogen and oxygen atoms in total. The lowest BCUT2D eigenvalue weighted by Crippen LogP contribution is -2.41. The van der Waals surface area contributed by atoms with Gasteiger partial charge in [0.25, 0.3) is 0 Å². The minimum absolute atomic E-state index is 0.146. The van der Waals surface area contributed by atoms with E-state index in [2.05, 4.69) is 69.7 Å². The molecule has 32 heavy (non-hydrogen) atoms. The van der Waals surface area contributed by atoms with E-state index in [4.69, 9.17) is 14.2 Å². The van der Waals surface area contributed by atoms with Gasteiger partial charge in [-0.3, -0.25) is 9.78 Å². The van der Waals surface area contributed by atoms with Crippen molar-refractivity contribution in [1.82, 2.24) is 10.5 Å². The third-order valence-electron chi connectivity index (χ3n) is 6.31. The van der Waals surface area contributed by atoms with Gasteiger partial charge in [0.05, 0.1) is 11.9 Å². The van der Waals surface area contributed by atoms with E-state index in [-0.39, 0.29) is 17.4 Å². The molecule has 0 saturated heterocycles. The van der Waals surface area contributed by atoms with Gasteiger partial charge in [-0.05, 0) is 46.8 Å². The Kier molecular flexibility index (Phi) is 7.49. The first-order valence-corrected chi connectivity index (χ1v) is 14.0. The van der Waals surface area contributed by atoms with Crippen molar-refractivity contribution in [1.29, 1.82) is 0 Å². The van der Waals surface area contributed by atoms with Crippen LogP contribution in [-0.4, -0.2) is 32.9 Å². The molecule has 1 N–H and O–H groups in total. The number of hydrogen-bond acceptors (Lipinski definition) is 5. The molecule has 0 saturated carbocycles.